The van der Waals surface area contributed by atoms with E-state index in [2.05, 4.69) is 4.98 Å². The molecule has 0 fully saturated rings. The highest BCUT2D eigenvalue weighted by Gasteiger charge is 2.17. The van der Waals surface area contributed by atoms with Gasteiger partial charge in [-0.3, -0.25) is 4.98 Å². The van der Waals surface area contributed by atoms with Crippen molar-refractivity contribution in [2.45, 2.75) is 19.9 Å². The van der Waals surface area contributed by atoms with Crippen LogP contribution in [0.25, 0.3) is 0 Å². The number of hydrogen-bond acceptors (Lipinski definition) is 2. The summed E-state index contributed by atoms with van der Waals surface area (Å²) in [6.07, 6.45) is 3.26. The Labute approximate surface area is 104 Å². The van der Waals surface area contributed by atoms with Gasteiger partial charge >= 0.3 is 0 Å². The summed E-state index contributed by atoms with van der Waals surface area (Å²) in [6.45, 7) is 3.46. The quantitative estimate of drug-likeness (QED) is 0.887. The highest BCUT2D eigenvalue weighted by atomic mass is 19.1. The molecule has 2 nitrogen and oxygen atoms in total. The number of aryl methyl sites for hydroxylation is 2. The summed E-state index contributed by atoms with van der Waals surface area (Å²) in [5, 5.41) is 0. The van der Waals surface area contributed by atoms with E-state index in [1.165, 1.54) is 6.07 Å². The van der Waals surface area contributed by atoms with Crippen molar-refractivity contribution in [3.05, 3.63) is 64.5 Å². The molecule has 0 spiro atoms. The SMILES string of the molecule is Cc1cc(C(N)c2cnccc2C)c(F)cc1F. The summed E-state index contributed by atoms with van der Waals surface area (Å²) in [5.41, 5.74) is 8.36. The maximum atomic E-state index is 13.8. The van der Waals surface area contributed by atoms with Gasteiger partial charge in [-0.05, 0) is 42.7 Å². The zero-order chi connectivity index (χ0) is 13.3. The van der Waals surface area contributed by atoms with E-state index in [4.69, 9.17) is 5.73 Å². The molecule has 94 valence electrons. The Morgan fingerprint density at radius 3 is 2.44 bits per heavy atom. The lowest BCUT2D eigenvalue weighted by Gasteiger charge is -2.16. The molecule has 2 rings (SSSR count). The molecule has 0 bridgehead atoms. The Morgan fingerprint density at radius 1 is 1.06 bits per heavy atom. The Balaban J connectivity index is 2.50. The third-order valence-corrected chi connectivity index (χ3v) is 3.03. The molecule has 0 amide bonds. The molecule has 18 heavy (non-hydrogen) atoms. The van der Waals surface area contributed by atoms with Gasteiger partial charge in [0, 0.05) is 24.0 Å². The second-order valence-electron chi connectivity index (χ2n) is 4.33. The van der Waals surface area contributed by atoms with Crippen LogP contribution < -0.4 is 5.73 Å². The van der Waals surface area contributed by atoms with Crippen LogP contribution in [0.4, 0.5) is 8.78 Å². The predicted octanol–water partition coefficient (Wildman–Crippen LogP) is 3.02. The number of nitrogens with two attached hydrogens (primary N) is 1. The van der Waals surface area contributed by atoms with E-state index < -0.39 is 17.7 Å². The fourth-order valence-corrected chi connectivity index (χ4v) is 1.89. The van der Waals surface area contributed by atoms with Gasteiger partial charge in [0.1, 0.15) is 11.6 Å². The molecular weight excluding hydrogens is 234 g/mol. The van der Waals surface area contributed by atoms with Gasteiger partial charge in [-0.15, -0.1) is 0 Å². The van der Waals surface area contributed by atoms with Gasteiger partial charge < -0.3 is 5.73 Å². The average Bonchev–Trinajstić information content (AvgIpc) is 2.33. The maximum Gasteiger partial charge on any atom is 0.131 e. The van der Waals surface area contributed by atoms with Crippen LogP contribution in [0.1, 0.15) is 28.3 Å². The molecule has 0 radical (unpaired) electrons. The molecule has 1 aromatic carbocycles. The topological polar surface area (TPSA) is 38.9 Å². The lowest BCUT2D eigenvalue weighted by molar-refractivity contribution is 0.560. The number of nitrogens with zero attached hydrogens (tertiary/aromatic N) is 1. The summed E-state index contributed by atoms with van der Waals surface area (Å²) < 4.78 is 27.0. The normalized spacial score (nSPS) is 12.5. The van der Waals surface area contributed by atoms with Crippen LogP contribution in [0.15, 0.2) is 30.6 Å². The molecule has 2 N–H and O–H groups in total. The number of pyridine rings is 1. The van der Waals surface area contributed by atoms with E-state index in [-0.39, 0.29) is 5.56 Å². The number of rotatable bonds is 2. The minimum absolute atomic E-state index is 0.282. The lowest BCUT2D eigenvalue weighted by atomic mass is 9.96. The molecule has 0 aliphatic heterocycles. The van der Waals surface area contributed by atoms with Crippen molar-refractivity contribution in [1.82, 2.24) is 4.98 Å². The molecule has 1 atom stereocenters. The lowest BCUT2D eigenvalue weighted by Crippen LogP contribution is -2.15. The maximum absolute atomic E-state index is 13.8. The van der Waals surface area contributed by atoms with Gasteiger partial charge in [-0.2, -0.15) is 0 Å². The first-order chi connectivity index (χ1) is 8.50. The van der Waals surface area contributed by atoms with Crippen LogP contribution >= 0.6 is 0 Å². The summed E-state index contributed by atoms with van der Waals surface area (Å²) in [4.78, 5) is 3.99. The number of benzene rings is 1. The summed E-state index contributed by atoms with van der Waals surface area (Å²) in [7, 11) is 0. The van der Waals surface area contributed by atoms with Crippen molar-refractivity contribution >= 4 is 0 Å². The first kappa shape index (κ1) is 12.6. The highest BCUT2D eigenvalue weighted by Crippen LogP contribution is 2.25. The van der Waals surface area contributed by atoms with Crippen LogP contribution in [0.5, 0.6) is 0 Å². The van der Waals surface area contributed by atoms with E-state index in [9.17, 15) is 8.78 Å². The minimum atomic E-state index is -0.641. The van der Waals surface area contributed by atoms with Gasteiger partial charge in [-0.25, -0.2) is 8.78 Å². The number of halogens is 2. The molecule has 1 aromatic heterocycles. The summed E-state index contributed by atoms with van der Waals surface area (Å²) >= 11 is 0. The van der Waals surface area contributed by atoms with Gasteiger partial charge in [0.2, 0.25) is 0 Å². The Bertz CT molecular complexity index is 582. The summed E-state index contributed by atoms with van der Waals surface area (Å²) in [5.74, 6) is -1.19. The zero-order valence-electron chi connectivity index (χ0n) is 10.2. The van der Waals surface area contributed by atoms with E-state index in [1.54, 1.807) is 19.3 Å². The molecule has 2 aromatic rings. The minimum Gasteiger partial charge on any atom is -0.320 e. The smallest absolute Gasteiger partial charge is 0.131 e. The van der Waals surface area contributed by atoms with E-state index in [0.717, 1.165) is 17.2 Å². The van der Waals surface area contributed by atoms with Crippen molar-refractivity contribution in [2.24, 2.45) is 5.73 Å². The predicted molar refractivity (Wildman–Crippen MR) is 66.1 cm³/mol. The standard InChI is InChI=1S/C14H14F2N2/c1-8-3-4-18-7-11(8)14(17)10-5-9(2)12(15)6-13(10)16/h3-7,14H,17H2,1-2H3. The second-order valence-corrected chi connectivity index (χ2v) is 4.33. The molecule has 1 heterocycles. The van der Waals surface area contributed by atoms with Crippen molar-refractivity contribution in [1.29, 1.82) is 0 Å². The molecule has 4 heteroatoms. The average molecular weight is 248 g/mol. The molecule has 1 unspecified atom stereocenters. The van der Waals surface area contributed by atoms with Crippen LogP contribution in [0.2, 0.25) is 0 Å². The van der Waals surface area contributed by atoms with Gasteiger partial charge in [-0.1, -0.05) is 0 Å². The van der Waals surface area contributed by atoms with Crippen LogP contribution in [0, 0.1) is 25.5 Å². The highest BCUT2D eigenvalue weighted by molar-refractivity contribution is 5.37. The zero-order valence-corrected chi connectivity index (χ0v) is 10.2. The van der Waals surface area contributed by atoms with Crippen LogP contribution in [0.3, 0.4) is 0 Å². The Hall–Kier alpha value is -1.81. The van der Waals surface area contributed by atoms with E-state index >= 15 is 0 Å². The van der Waals surface area contributed by atoms with E-state index in [1.807, 2.05) is 13.0 Å². The van der Waals surface area contributed by atoms with Gasteiger partial charge in [0.15, 0.2) is 0 Å². The Morgan fingerprint density at radius 2 is 1.78 bits per heavy atom. The fraction of sp³-hybridized carbons (Fsp3) is 0.214. The molecule has 0 saturated heterocycles. The molecular formula is C14H14F2N2. The first-order valence-corrected chi connectivity index (χ1v) is 5.62. The molecule has 0 saturated carbocycles. The van der Waals surface area contributed by atoms with Gasteiger partial charge in [0.25, 0.3) is 0 Å². The van der Waals surface area contributed by atoms with E-state index in [0.29, 0.717) is 5.56 Å². The van der Waals surface area contributed by atoms with Crippen molar-refractivity contribution in [3.63, 3.8) is 0 Å². The van der Waals surface area contributed by atoms with Crippen LogP contribution in [-0.4, -0.2) is 4.98 Å². The number of aromatic nitrogens is 1. The number of hydrogen-bond donors (Lipinski definition) is 1. The monoisotopic (exact) mass is 248 g/mol. The molecule has 0 aliphatic carbocycles. The van der Waals surface area contributed by atoms with Crippen molar-refractivity contribution in [2.75, 3.05) is 0 Å². The largest absolute Gasteiger partial charge is 0.320 e. The molecule has 0 aliphatic rings. The third kappa shape index (κ3) is 2.24. The fourth-order valence-electron chi connectivity index (χ4n) is 1.89. The second kappa shape index (κ2) is 4.82. The summed E-state index contributed by atoms with van der Waals surface area (Å²) in [6, 6.07) is 3.49. The Kier molecular flexibility index (Phi) is 3.39. The van der Waals surface area contributed by atoms with Gasteiger partial charge in [0.05, 0.1) is 6.04 Å². The first-order valence-electron chi connectivity index (χ1n) is 5.62. The van der Waals surface area contributed by atoms with Crippen molar-refractivity contribution in [3.8, 4) is 0 Å². The van der Waals surface area contributed by atoms with Crippen molar-refractivity contribution < 1.29 is 8.78 Å². The third-order valence-electron chi connectivity index (χ3n) is 3.03. The van der Waals surface area contributed by atoms with Crippen LogP contribution in [-0.2, 0) is 0 Å².